The van der Waals surface area contributed by atoms with Crippen LogP contribution in [0.5, 0.6) is 0 Å². The van der Waals surface area contributed by atoms with Crippen molar-refractivity contribution < 1.29 is 0 Å². The van der Waals surface area contributed by atoms with E-state index in [1.54, 1.807) is 6.20 Å². The summed E-state index contributed by atoms with van der Waals surface area (Å²) in [5.74, 6) is 0. The van der Waals surface area contributed by atoms with Gasteiger partial charge >= 0.3 is 0 Å². The molecule has 0 aromatic heterocycles. The molecular weight excluding hydrogens is 358 g/mol. The molecule has 1 aliphatic heterocycles. The molecule has 148 valence electrons. The van der Waals surface area contributed by atoms with Gasteiger partial charge in [0.1, 0.15) is 0 Å². The van der Waals surface area contributed by atoms with Gasteiger partial charge in [-0.25, -0.2) is 0 Å². The average molecular weight is 386 g/mol. The van der Waals surface area contributed by atoms with Gasteiger partial charge in [-0.05, 0) is 45.8 Å². The molecule has 1 heterocycles. The van der Waals surface area contributed by atoms with E-state index in [0.717, 1.165) is 5.57 Å². The second-order valence-electron chi connectivity index (χ2n) is 7.12. The molecule has 4 rings (SSSR count). The van der Waals surface area contributed by atoms with E-state index in [-0.39, 0.29) is 18.5 Å². The topological polar surface area (TPSA) is 88.1 Å². The minimum atomic E-state index is -0.0960. The number of nitrogens with two attached hydrogens (primary N) is 2. The Kier molecular flexibility index (Phi) is 6.03. The number of fused-ring (bicyclic) bond motifs is 1. The highest BCUT2D eigenvalue weighted by atomic mass is 15.4. The van der Waals surface area contributed by atoms with Crippen molar-refractivity contribution in [3.05, 3.63) is 108 Å². The lowest BCUT2D eigenvalue weighted by Gasteiger charge is -2.40. The Morgan fingerprint density at radius 2 is 1.48 bits per heavy atom. The predicted molar refractivity (Wildman–Crippen MR) is 120 cm³/mol. The second kappa shape index (κ2) is 9.03. The van der Waals surface area contributed by atoms with Crippen LogP contribution >= 0.6 is 0 Å². The molecule has 3 atom stereocenters. The first-order valence-corrected chi connectivity index (χ1v) is 9.88. The summed E-state index contributed by atoms with van der Waals surface area (Å²) in [6, 6.07) is 25.3. The summed E-state index contributed by atoms with van der Waals surface area (Å²) in [5.41, 5.74) is 14.9. The van der Waals surface area contributed by atoms with Gasteiger partial charge in [0, 0.05) is 6.54 Å². The molecular formula is C24H27N5. The molecule has 29 heavy (non-hydrogen) atoms. The molecule has 1 fully saturated rings. The molecule has 3 aromatic carbocycles. The highest BCUT2D eigenvalue weighted by molar-refractivity contribution is 5.83. The largest absolute Gasteiger partial charge is 0.405 e. The van der Waals surface area contributed by atoms with Gasteiger partial charge in [0.05, 0.1) is 18.5 Å². The molecule has 3 aromatic rings. The summed E-state index contributed by atoms with van der Waals surface area (Å²) < 4.78 is 0. The standard InChI is InChI=1S/C24H27N5/c25-14-12-19(13-15-26)23-27-22(18-7-2-1-3-8-18)28-24(29-23)21-11-10-17-6-4-5-9-20(17)16-21/h1-14,16,22-24,27-29H,15,25-26H2/b14-12-,19-13+. The summed E-state index contributed by atoms with van der Waals surface area (Å²) >= 11 is 0. The highest BCUT2D eigenvalue weighted by Gasteiger charge is 2.29. The second-order valence-corrected chi connectivity index (χ2v) is 7.12. The van der Waals surface area contributed by atoms with Crippen LogP contribution in [-0.2, 0) is 0 Å². The van der Waals surface area contributed by atoms with Crippen LogP contribution in [0, 0.1) is 0 Å². The monoisotopic (exact) mass is 385 g/mol. The van der Waals surface area contributed by atoms with Gasteiger partial charge in [-0.15, -0.1) is 0 Å². The average Bonchev–Trinajstić information content (AvgIpc) is 2.79. The third-order valence-electron chi connectivity index (χ3n) is 5.22. The zero-order valence-corrected chi connectivity index (χ0v) is 16.3. The zero-order valence-electron chi connectivity index (χ0n) is 16.3. The Balaban J connectivity index is 1.70. The maximum absolute atomic E-state index is 5.80. The van der Waals surface area contributed by atoms with Crippen molar-refractivity contribution in [1.29, 1.82) is 0 Å². The number of hydrogen-bond donors (Lipinski definition) is 5. The first-order valence-electron chi connectivity index (χ1n) is 9.88. The lowest BCUT2D eigenvalue weighted by molar-refractivity contribution is 0.224. The van der Waals surface area contributed by atoms with E-state index in [0.29, 0.717) is 6.54 Å². The van der Waals surface area contributed by atoms with Gasteiger partial charge < -0.3 is 11.5 Å². The van der Waals surface area contributed by atoms with Gasteiger partial charge in [-0.2, -0.15) is 0 Å². The normalized spacial score (nSPS) is 22.9. The number of hydrogen-bond acceptors (Lipinski definition) is 5. The van der Waals surface area contributed by atoms with Gasteiger partial charge in [0.15, 0.2) is 0 Å². The van der Waals surface area contributed by atoms with Crippen LogP contribution in [0.1, 0.15) is 23.5 Å². The number of benzene rings is 3. The van der Waals surface area contributed by atoms with Crippen molar-refractivity contribution in [2.75, 3.05) is 6.54 Å². The van der Waals surface area contributed by atoms with Crippen LogP contribution in [-0.4, -0.2) is 12.7 Å². The lowest BCUT2D eigenvalue weighted by atomic mass is 10.0. The SMILES string of the molecule is N/C=C\C(=C/CN)C1NC(c2ccccc2)NC(c2ccc3ccccc3c2)N1. The van der Waals surface area contributed by atoms with E-state index in [2.05, 4.69) is 82.7 Å². The highest BCUT2D eigenvalue weighted by Crippen LogP contribution is 2.26. The molecule has 0 amide bonds. The third-order valence-corrected chi connectivity index (χ3v) is 5.22. The van der Waals surface area contributed by atoms with Crippen LogP contribution in [0.25, 0.3) is 10.8 Å². The van der Waals surface area contributed by atoms with Crippen molar-refractivity contribution in [2.24, 2.45) is 11.5 Å². The van der Waals surface area contributed by atoms with Crippen molar-refractivity contribution >= 4 is 10.8 Å². The minimum Gasteiger partial charge on any atom is -0.405 e. The van der Waals surface area contributed by atoms with E-state index in [1.807, 2.05) is 18.2 Å². The molecule has 0 radical (unpaired) electrons. The van der Waals surface area contributed by atoms with Gasteiger partial charge in [-0.3, -0.25) is 16.0 Å². The van der Waals surface area contributed by atoms with E-state index in [9.17, 15) is 0 Å². The molecule has 0 spiro atoms. The van der Waals surface area contributed by atoms with Crippen molar-refractivity contribution in [3.63, 3.8) is 0 Å². The predicted octanol–water partition coefficient (Wildman–Crippen LogP) is 3.00. The summed E-state index contributed by atoms with van der Waals surface area (Å²) in [4.78, 5) is 0. The summed E-state index contributed by atoms with van der Waals surface area (Å²) in [6.07, 6.45) is 5.27. The van der Waals surface area contributed by atoms with Crippen molar-refractivity contribution in [3.8, 4) is 0 Å². The van der Waals surface area contributed by atoms with Crippen molar-refractivity contribution in [1.82, 2.24) is 16.0 Å². The molecule has 0 aliphatic carbocycles. The van der Waals surface area contributed by atoms with Gasteiger partial charge in [0.25, 0.3) is 0 Å². The molecule has 5 heteroatoms. The van der Waals surface area contributed by atoms with Crippen LogP contribution < -0.4 is 27.4 Å². The minimum absolute atomic E-state index is 0.0220. The first kappa shape index (κ1) is 19.4. The molecule has 3 unspecified atom stereocenters. The molecule has 1 aliphatic rings. The zero-order chi connectivity index (χ0) is 20.1. The van der Waals surface area contributed by atoms with Crippen LogP contribution in [0.15, 0.2) is 96.7 Å². The van der Waals surface area contributed by atoms with Crippen LogP contribution in [0.2, 0.25) is 0 Å². The Morgan fingerprint density at radius 1 is 0.793 bits per heavy atom. The number of rotatable bonds is 5. The van der Waals surface area contributed by atoms with Crippen molar-refractivity contribution in [2.45, 2.75) is 18.5 Å². The summed E-state index contributed by atoms with van der Waals surface area (Å²) in [6.45, 7) is 0.448. The van der Waals surface area contributed by atoms with Crippen LogP contribution in [0.3, 0.4) is 0 Å². The molecule has 0 bridgehead atoms. The van der Waals surface area contributed by atoms with E-state index in [4.69, 9.17) is 11.5 Å². The fourth-order valence-electron chi connectivity index (χ4n) is 3.78. The summed E-state index contributed by atoms with van der Waals surface area (Å²) in [7, 11) is 0. The molecule has 1 saturated heterocycles. The molecule has 7 N–H and O–H groups in total. The quantitative estimate of drug-likeness (QED) is 0.436. The van der Waals surface area contributed by atoms with Gasteiger partial charge in [-0.1, -0.05) is 72.8 Å². The maximum Gasteiger partial charge on any atom is 0.0864 e. The fourth-order valence-corrected chi connectivity index (χ4v) is 3.78. The maximum atomic E-state index is 5.80. The van der Waals surface area contributed by atoms with E-state index >= 15 is 0 Å². The number of nitrogens with one attached hydrogen (secondary N) is 3. The molecule has 5 nitrogen and oxygen atoms in total. The molecule has 0 saturated carbocycles. The lowest BCUT2D eigenvalue weighted by Crippen LogP contribution is -2.59. The van der Waals surface area contributed by atoms with E-state index in [1.165, 1.54) is 21.9 Å². The fraction of sp³-hybridized carbons (Fsp3) is 0.167. The van der Waals surface area contributed by atoms with Gasteiger partial charge in [0.2, 0.25) is 0 Å². The Labute approximate surface area is 171 Å². The van der Waals surface area contributed by atoms with E-state index < -0.39 is 0 Å². The van der Waals surface area contributed by atoms with Crippen LogP contribution in [0.4, 0.5) is 0 Å². The summed E-state index contributed by atoms with van der Waals surface area (Å²) in [5, 5.41) is 13.4. The Morgan fingerprint density at radius 3 is 2.21 bits per heavy atom. The Hall–Kier alpha value is -2.96. The third kappa shape index (κ3) is 4.39. The Bertz CT molecular complexity index is 1010. The first-order chi connectivity index (χ1) is 14.3. The smallest absolute Gasteiger partial charge is 0.0864 e.